The van der Waals surface area contributed by atoms with Crippen molar-refractivity contribution in [3.63, 3.8) is 0 Å². The molecule has 0 radical (unpaired) electrons. The summed E-state index contributed by atoms with van der Waals surface area (Å²) in [6.45, 7) is 3.80. The van der Waals surface area contributed by atoms with Crippen molar-refractivity contribution in [2.24, 2.45) is 4.40 Å². The van der Waals surface area contributed by atoms with Crippen LogP contribution in [0.3, 0.4) is 0 Å². The van der Waals surface area contributed by atoms with Crippen LogP contribution >= 0.6 is 45.9 Å². The lowest BCUT2D eigenvalue weighted by Gasteiger charge is -1.99. The zero-order chi connectivity index (χ0) is 15.6. The Morgan fingerprint density at radius 1 is 1.33 bits per heavy atom. The third-order valence-electron chi connectivity index (χ3n) is 2.29. The molecule has 10 heteroatoms. The molecule has 2 aromatic heterocycles. The van der Waals surface area contributed by atoms with E-state index >= 15 is 0 Å². The van der Waals surface area contributed by atoms with Gasteiger partial charge in [-0.1, -0.05) is 40.6 Å². The highest BCUT2D eigenvalue weighted by Gasteiger charge is 2.18. The number of halogens is 2. The fourth-order valence-electron chi connectivity index (χ4n) is 1.42. The maximum atomic E-state index is 12.2. The van der Waals surface area contributed by atoms with Gasteiger partial charge in [-0.2, -0.15) is 8.42 Å². The van der Waals surface area contributed by atoms with E-state index in [1.165, 1.54) is 22.8 Å². The normalized spacial score (nSPS) is 12.6. The maximum absolute atomic E-state index is 12.2. The summed E-state index contributed by atoms with van der Waals surface area (Å²) >= 11 is 13.5. The van der Waals surface area contributed by atoms with Crippen LogP contribution in [-0.2, 0) is 16.6 Å². The summed E-state index contributed by atoms with van der Waals surface area (Å²) in [5.41, 5.74) is 0. The molecule has 0 spiro atoms. The van der Waals surface area contributed by atoms with Gasteiger partial charge in [0.25, 0.3) is 10.0 Å². The Labute approximate surface area is 138 Å². The van der Waals surface area contributed by atoms with Gasteiger partial charge in [0.15, 0.2) is 6.29 Å². The number of rotatable bonds is 5. The second kappa shape index (κ2) is 6.45. The van der Waals surface area contributed by atoms with Gasteiger partial charge < -0.3 is 4.57 Å². The van der Waals surface area contributed by atoms with Crippen LogP contribution in [0.1, 0.15) is 9.67 Å². The summed E-state index contributed by atoms with van der Waals surface area (Å²) in [6, 6.07) is 2.85. The van der Waals surface area contributed by atoms with Crippen LogP contribution in [0.4, 0.5) is 0 Å². The van der Waals surface area contributed by atoms with Crippen molar-refractivity contribution in [3.8, 4) is 0 Å². The van der Waals surface area contributed by atoms with Crippen molar-refractivity contribution in [3.05, 3.63) is 44.0 Å². The molecule has 0 aromatic carbocycles. The van der Waals surface area contributed by atoms with Crippen LogP contribution in [0.25, 0.3) is 0 Å². The molecule has 0 saturated carbocycles. The van der Waals surface area contributed by atoms with Gasteiger partial charge in [-0.15, -0.1) is 22.3 Å². The molecule has 21 heavy (non-hydrogen) atoms. The standard InChI is InChI=1S/C11H8Cl2N2O3S3/c1-2-5-15-10(13)7(6-16)19-11(15)14-21(17,18)9-4-3-8(12)20-9/h2-4,6H,1,5H2/b14-11+. The molecular formula is C11H8Cl2N2O3S3. The van der Waals surface area contributed by atoms with E-state index in [1.54, 1.807) is 0 Å². The summed E-state index contributed by atoms with van der Waals surface area (Å²) in [7, 11) is -3.91. The molecule has 2 rings (SSSR count). The van der Waals surface area contributed by atoms with E-state index in [0.717, 1.165) is 22.7 Å². The third-order valence-corrected chi connectivity index (χ3v) is 6.90. The average Bonchev–Trinajstić information content (AvgIpc) is 2.97. The number of carbonyl (C=O) groups is 1. The highest BCUT2D eigenvalue weighted by molar-refractivity contribution is 7.92. The molecule has 2 heterocycles. The van der Waals surface area contributed by atoms with Crippen molar-refractivity contribution in [2.75, 3.05) is 0 Å². The molecule has 0 aliphatic rings. The summed E-state index contributed by atoms with van der Waals surface area (Å²) in [5, 5.41) is 0.132. The molecule has 5 nitrogen and oxygen atoms in total. The van der Waals surface area contributed by atoms with Gasteiger partial charge in [-0.3, -0.25) is 4.79 Å². The molecule has 0 aliphatic heterocycles. The molecule has 0 saturated heterocycles. The van der Waals surface area contributed by atoms with E-state index in [-0.39, 0.29) is 25.6 Å². The number of nitrogens with zero attached hydrogens (tertiary/aromatic N) is 2. The van der Waals surface area contributed by atoms with Gasteiger partial charge in [0.1, 0.15) is 14.2 Å². The zero-order valence-electron chi connectivity index (χ0n) is 10.3. The highest BCUT2D eigenvalue weighted by atomic mass is 35.5. The third kappa shape index (κ3) is 3.46. The Hall–Kier alpha value is -0.930. The first-order chi connectivity index (χ1) is 9.89. The fraction of sp³-hybridized carbons (Fsp3) is 0.0909. The zero-order valence-corrected chi connectivity index (χ0v) is 14.3. The van der Waals surface area contributed by atoms with Gasteiger partial charge in [0.05, 0.1) is 4.34 Å². The minimum atomic E-state index is -3.91. The minimum Gasteiger partial charge on any atom is -0.302 e. The lowest BCUT2D eigenvalue weighted by Crippen LogP contribution is -2.16. The molecule has 0 aliphatic carbocycles. The number of hydrogen-bond acceptors (Lipinski definition) is 5. The Morgan fingerprint density at radius 3 is 2.57 bits per heavy atom. The molecule has 0 atom stereocenters. The SMILES string of the molecule is C=CCn1c(Cl)c(C=O)s/c1=N/S(=O)(=O)c1ccc(Cl)s1. The first-order valence-corrected chi connectivity index (χ1v) is 9.23. The smallest absolute Gasteiger partial charge is 0.294 e. The number of hydrogen-bond donors (Lipinski definition) is 0. The fourth-order valence-corrected chi connectivity index (χ4v) is 5.29. The molecule has 0 unspecified atom stereocenters. The van der Waals surface area contributed by atoms with E-state index in [1.807, 2.05) is 0 Å². The number of allylic oxidation sites excluding steroid dienone is 1. The minimum absolute atomic E-state index is 0.0230. The van der Waals surface area contributed by atoms with Gasteiger partial charge in [-0.25, -0.2) is 0 Å². The number of thiophene rings is 1. The Balaban J connectivity index is 2.65. The van der Waals surface area contributed by atoms with Crippen LogP contribution in [-0.4, -0.2) is 19.3 Å². The molecule has 112 valence electrons. The molecule has 0 bridgehead atoms. The first-order valence-electron chi connectivity index (χ1n) is 5.40. The molecule has 2 aromatic rings. The lowest BCUT2D eigenvalue weighted by atomic mass is 10.5. The van der Waals surface area contributed by atoms with E-state index in [9.17, 15) is 13.2 Å². The van der Waals surface area contributed by atoms with Gasteiger partial charge in [0, 0.05) is 6.54 Å². The summed E-state index contributed by atoms with van der Waals surface area (Å²) in [4.78, 5) is 11.2. The van der Waals surface area contributed by atoms with Crippen molar-refractivity contribution in [2.45, 2.75) is 10.8 Å². The van der Waals surface area contributed by atoms with E-state index in [0.29, 0.717) is 10.6 Å². The number of aldehydes is 1. The summed E-state index contributed by atoms with van der Waals surface area (Å²) in [6.07, 6.45) is 2.08. The van der Waals surface area contributed by atoms with Gasteiger partial charge in [-0.05, 0) is 12.1 Å². The predicted octanol–water partition coefficient (Wildman–Crippen LogP) is 3.21. The van der Waals surface area contributed by atoms with Crippen LogP contribution in [0, 0.1) is 0 Å². The number of carbonyl (C=O) groups excluding carboxylic acids is 1. The van der Waals surface area contributed by atoms with Crippen molar-refractivity contribution in [1.29, 1.82) is 0 Å². The predicted molar refractivity (Wildman–Crippen MR) is 85.0 cm³/mol. The van der Waals surface area contributed by atoms with E-state index in [2.05, 4.69) is 11.0 Å². The first kappa shape index (κ1) is 16.4. The maximum Gasteiger partial charge on any atom is 0.294 e. The second-order valence-electron chi connectivity index (χ2n) is 3.68. The van der Waals surface area contributed by atoms with E-state index < -0.39 is 10.0 Å². The number of aromatic nitrogens is 1. The molecule has 0 N–H and O–H groups in total. The van der Waals surface area contributed by atoms with Crippen LogP contribution in [0.5, 0.6) is 0 Å². The van der Waals surface area contributed by atoms with Gasteiger partial charge in [0.2, 0.25) is 4.80 Å². The monoisotopic (exact) mass is 382 g/mol. The molecular weight excluding hydrogens is 375 g/mol. The Morgan fingerprint density at radius 2 is 2.05 bits per heavy atom. The largest absolute Gasteiger partial charge is 0.302 e. The quantitative estimate of drug-likeness (QED) is 0.588. The summed E-state index contributed by atoms with van der Waals surface area (Å²) in [5.74, 6) is 0. The lowest BCUT2D eigenvalue weighted by molar-refractivity contribution is 0.112. The van der Waals surface area contributed by atoms with Crippen molar-refractivity contribution < 1.29 is 13.2 Å². The second-order valence-corrected chi connectivity index (χ2v) is 8.59. The Bertz CT molecular complexity index is 862. The average molecular weight is 383 g/mol. The topological polar surface area (TPSA) is 68.5 Å². The van der Waals surface area contributed by atoms with Crippen molar-refractivity contribution in [1.82, 2.24) is 4.57 Å². The number of sulfonamides is 1. The number of thiazole rings is 1. The highest BCUT2D eigenvalue weighted by Crippen LogP contribution is 2.27. The molecule has 0 amide bonds. The molecule has 0 fully saturated rings. The van der Waals surface area contributed by atoms with Crippen molar-refractivity contribution >= 4 is 62.2 Å². The van der Waals surface area contributed by atoms with E-state index in [4.69, 9.17) is 23.2 Å². The van der Waals surface area contributed by atoms with Crippen LogP contribution < -0.4 is 4.80 Å². The van der Waals surface area contributed by atoms with Crippen LogP contribution in [0.15, 0.2) is 33.4 Å². The van der Waals surface area contributed by atoms with Crippen LogP contribution in [0.2, 0.25) is 9.49 Å². The Kier molecular flexibility index (Phi) is 5.05. The van der Waals surface area contributed by atoms with Gasteiger partial charge >= 0.3 is 0 Å². The summed E-state index contributed by atoms with van der Waals surface area (Å²) < 4.78 is 29.9.